The number of halogens is 2. The zero-order valence-corrected chi connectivity index (χ0v) is 14.1. The molecule has 0 amide bonds. The summed E-state index contributed by atoms with van der Waals surface area (Å²) in [4.78, 5) is 10.6. The van der Waals surface area contributed by atoms with Gasteiger partial charge >= 0.3 is 0 Å². The summed E-state index contributed by atoms with van der Waals surface area (Å²) in [6, 6.07) is 10.3. The van der Waals surface area contributed by atoms with E-state index in [2.05, 4.69) is 33.2 Å². The molecule has 0 saturated heterocycles. The lowest BCUT2D eigenvalue weighted by Gasteiger charge is -2.11. The zero-order valence-electron chi connectivity index (χ0n) is 11.2. The second kappa shape index (κ2) is 6.95. The molecule has 0 aliphatic heterocycles. The lowest BCUT2D eigenvalue weighted by molar-refractivity contribution is -0.384. The van der Waals surface area contributed by atoms with E-state index in [0.29, 0.717) is 22.9 Å². The van der Waals surface area contributed by atoms with E-state index < -0.39 is 4.92 Å². The molecule has 5 nitrogen and oxygen atoms in total. The number of nitrogens with one attached hydrogen (secondary N) is 2. The Morgan fingerprint density at radius 3 is 2.57 bits per heavy atom. The summed E-state index contributed by atoms with van der Waals surface area (Å²) in [7, 11) is 0. The summed E-state index contributed by atoms with van der Waals surface area (Å²) in [5, 5.41) is 17.9. The second-order valence-corrected chi connectivity index (χ2v) is 5.90. The van der Waals surface area contributed by atoms with Gasteiger partial charge in [0.15, 0.2) is 0 Å². The number of hydrogen-bond donors (Lipinski definition) is 2. The molecular weight excluding hydrogens is 405 g/mol. The predicted molar refractivity (Wildman–Crippen MR) is 94.7 cm³/mol. The maximum Gasteiger partial charge on any atom is 0.273 e. The molecule has 110 valence electrons. The van der Waals surface area contributed by atoms with E-state index >= 15 is 0 Å². The summed E-state index contributed by atoms with van der Waals surface area (Å²) in [5.41, 5.74) is 2.25. The van der Waals surface area contributed by atoms with Crippen molar-refractivity contribution in [3.05, 3.63) is 55.1 Å². The summed E-state index contributed by atoms with van der Waals surface area (Å²) in [6.45, 7) is 2.63. The molecule has 0 spiro atoms. The maximum atomic E-state index is 11.0. The van der Waals surface area contributed by atoms with E-state index in [4.69, 9.17) is 11.6 Å². The number of non-ortho nitro benzene ring substituents is 1. The van der Waals surface area contributed by atoms with Crippen LogP contribution in [0.5, 0.6) is 0 Å². The fraction of sp³-hybridized carbons (Fsp3) is 0.143. The number of nitrogens with zero attached hydrogens (tertiary/aromatic N) is 1. The fourth-order valence-electron chi connectivity index (χ4n) is 1.84. The molecule has 0 aliphatic rings. The molecule has 2 N–H and O–H groups in total. The molecule has 2 aromatic carbocycles. The van der Waals surface area contributed by atoms with Gasteiger partial charge in [0.2, 0.25) is 0 Å². The van der Waals surface area contributed by atoms with Gasteiger partial charge in [0.05, 0.1) is 10.6 Å². The predicted octanol–water partition coefficient (Wildman–Crippen LogP) is 5.03. The average Bonchev–Trinajstić information content (AvgIpc) is 2.42. The molecule has 0 bridgehead atoms. The molecule has 0 saturated carbocycles. The van der Waals surface area contributed by atoms with Gasteiger partial charge in [-0.05, 0) is 53.8 Å². The highest BCUT2D eigenvalue weighted by Gasteiger charge is 2.10. The second-order valence-electron chi connectivity index (χ2n) is 4.31. The monoisotopic (exact) mass is 417 g/mol. The highest BCUT2D eigenvalue weighted by atomic mass is 127. The van der Waals surface area contributed by atoms with Crippen LogP contribution >= 0.6 is 34.2 Å². The van der Waals surface area contributed by atoms with Gasteiger partial charge in [0.25, 0.3) is 5.69 Å². The zero-order chi connectivity index (χ0) is 15.4. The van der Waals surface area contributed by atoms with E-state index in [-0.39, 0.29) is 5.69 Å². The third-order valence-corrected chi connectivity index (χ3v) is 3.85. The fourth-order valence-corrected chi connectivity index (χ4v) is 2.85. The smallest absolute Gasteiger partial charge is 0.273 e. The van der Waals surface area contributed by atoms with Crippen LogP contribution in [0.3, 0.4) is 0 Å². The van der Waals surface area contributed by atoms with Crippen molar-refractivity contribution >= 4 is 56.9 Å². The van der Waals surface area contributed by atoms with Crippen LogP contribution in [0.2, 0.25) is 5.02 Å². The SMILES string of the molecule is CCNc1cc(Nc2ccc(Cl)cc2I)cc([N+](=O)[O-])c1. The van der Waals surface area contributed by atoms with Gasteiger partial charge in [-0.25, -0.2) is 0 Å². The number of hydrogen-bond acceptors (Lipinski definition) is 4. The van der Waals surface area contributed by atoms with Crippen LogP contribution in [0.4, 0.5) is 22.7 Å². The van der Waals surface area contributed by atoms with Gasteiger partial charge in [-0.15, -0.1) is 0 Å². The Balaban J connectivity index is 2.36. The van der Waals surface area contributed by atoms with Crippen molar-refractivity contribution in [2.75, 3.05) is 17.2 Å². The molecule has 0 aliphatic carbocycles. The minimum absolute atomic E-state index is 0.0416. The van der Waals surface area contributed by atoms with Gasteiger partial charge in [-0.3, -0.25) is 10.1 Å². The van der Waals surface area contributed by atoms with E-state index in [1.807, 2.05) is 25.1 Å². The first-order valence-corrected chi connectivity index (χ1v) is 7.70. The van der Waals surface area contributed by atoms with E-state index in [9.17, 15) is 10.1 Å². The highest BCUT2D eigenvalue weighted by molar-refractivity contribution is 14.1. The maximum absolute atomic E-state index is 11.0. The summed E-state index contributed by atoms with van der Waals surface area (Å²) < 4.78 is 0.941. The molecule has 0 atom stereocenters. The summed E-state index contributed by atoms with van der Waals surface area (Å²) in [5.74, 6) is 0. The minimum Gasteiger partial charge on any atom is -0.385 e. The van der Waals surface area contributed by atoms with Crippen LogP contribution in [-0.2, 0) is 0 Å². The molecule has 0 radical (unpaired) electrons. The molecule has 0 unspecified atom stereocenters. The van der Waals surface area contributed by atoms with Gasteiger partial charge in [0.1, 0.15) is 0 Å². The van der Waals surface area contributed by atoms with Gasteiger partial charge < -0.3 is 10.6 Å². The molecular formula is C14H13ClIN3O2. The van der Waals surface area contributed by atoms with Crippen molar-refractivity contribution in [3.8, 4) is 0 Å². The number of nitro benzene ring substituents is 1. The van der Waals surface area contributed by atoms with Crippen molar-refractivity contribution < 1.29 is 4.92 Å². The largest absolute Gasteiger partial charge is 0.385 e. The number of anilines is 3. The van der Waals surface area contributed by atoms with Crippen molar-refractivity contribution in [1.82, 2.24) is 0 Å². The molecule has 2 rings (SSSR count). The Hall–Kier alpha value is -1.54. The Labute approximate surface area is 141 Å². The summed E-state index contributed by atoms with van der Waals surface area (Å²) >= 11 is 8.09. The average molecular weight is 418 g/mol. The Morgan fingerprint density at radius 1 is 1.24 bits per heavy atom. The standard InChI is InChI=1S/C14H13ClIN3O2/c1-2-17-10-6-11(8-12(7-10)19(20)21)18-14-4-3-9(15)5-13(14)16/h3-8,17-18H,2H2,1H3. The van der Waals surface area contributed by atoms with Crippen LogP contribution in [0.15, 0.2) is 36.4 Å². The van der Waals surface area contributed by atoms with Crippen molar-refractivity contribution in [1.29, 1.82) is 0 Å². The van der Waals surface area contributed by atoms with E-state index in [1.54, 1.807) is 6.07 Å². The molecule has 0 fully saturated rings. The van der Waals surface area contributed by atoms with Crippen LogP contribution < -0.4 is 10.6 Å². The Kier molecular flexibility index (Phi) is 5.24. The third kappa shape index (κ3) is 4.21. The van der Waals surface area contributed by atoms with Crippen molar-refractivity contribution in [2.45, 2.75) is 6.92 Å². The normalized spacial score (nSPS) is 10.2. The van der Waals surface area contributed by atoms with Crippen LogP contribution in [-0.4, -0.2) is 11.5 Å². The first-order valence-electron chi connectivity index (χ1n) is 6.25. The van der Waals surface area contributed by atoms with Crippen LogP contribution in [0, 0.1) is 13.7 Å². The first kappa shape index (κ1) is 15.8. The number of rotatable bonds is 5. The highest BCUT2D eigenvalue weighted by Crippen LogP contribution is 2.29. The topological polar surface area (TPSA) is 67.2 Å². The van der Waals surface area contributed by atoms with Crippen LogP contribution in [0.25, 0.3) is 0 Å². The van der Waals surface area contributed by atoms with Crippen LogP contribution in [0.1, 0.15) is 6.92 Å². The lowest BCUT2D eigenvalue weighted by Crippen LogP contribution is -2.00. The minimum atomic E-state index is -0.404. The van der Waals surface area contributed by atoms with E-state index in [1.165, 1.54) is 12.1 Å². The molecule has 2 aromatic rings. The molecule has 7 heteroatoms. The molecule has 21 heavy (non-hydrogen) atoms. The quantitative estimate of drug-likeness (QED) is 0.407. The van der Waals surface area contributed by atoms with Gasteiger partial charge in [-0.1, -0.05) is 11.6 Å². The molecule has 0 aromatic heterocycles. The van der Waals surface area contributed by atoms with Crippen molar-refractivity contribution in [3.63, 3.8) is 0 Å². The van der Waals surface area contributed by atoms with Gasteiger partial charge in [0, 0.05) is 38.6 Å². The Morgan fingerprint density at radius 2 is 1.95 bits per heavy atom. The molecule has 0 heterocycles. The summed E-state index contributed by atoms with van der Waals surface area (Å²) in [6.07, 6.45) is 0. The number of nitro groups is 1. The lowest BCUT2D eigenvalue weighted by atomic mass is 10.2. The van der Waals surface area contributed by atoms with E-state index in [0.717, 1.165) is 9.26 Å². The third-order valence-electron chi connectivity index (χ3n) is 2.72. The first-order chi connectivity index (χ1) is 9.99. The van der Waals surface area contributed by atoms with Gasteiger partial charge in [-0.2, -0.15) is 0 Å². The number of benzene rings is 2. The van der Waals surface area contributed by atoms with Crippen molar-refractivity contribution in [2.24, 2.45) is 0 Å². The Bertz CT molecular complexity index is 679.